The predicted molar refractivity (Wildman–Crippen MR) is 63.9 cm³/mol. The number of hydrogen-bond acceptors (Lipinski definition) is 6. The highest BCUT2D eigenvalue weighted by molar-refractivity contribution is 8.18. The van der Waals surface area contributed by atoms with Gasteiger partial charge in [-0.1, -0.05) is 0 Å². The van der Waals surface area contributed by atoms with E-state index in [1.165, 1.54) is 23.5 Å². The third-order valence-corrected chi connectivity index (χ3v) is 5.34. The third-order valence-electron chi connectivity index (χ3n) is 2.04. The topological polar surface area (TPSA) is 83.6 Å². The Morgan fingerprint density at radius 2 is 1.73 bits per heavy atom. The van der Waals surface area contributed by atoms with Gasteiger partial charge in [0.15, 0.2) is 0 Å². The molecule has 0 aromatic heterocycles. The molecule has 1 unspecified atom stereocenters. The van der Waals surface area contributed by atoms with Gasteiger partial charge >= 0.3 is 0 Å². The fraction of sp³-hybridized carbons (Fsp3) is 1.00. The molecule has 0 saturated heterocycles. The lowest BCUT2D eigenvalue weighted by Crippen LogP contribution is -2.37. The summed E-state index contributed by atoms with van der Waals surface area (Å²) in [5, 5.41) is 28.2. The van der Waals surface area contributed by atoms with Crippen molar-refractivity contribution in [1.29, 1.82) is 0 Å². The second kappa shape index (κ2) is 7.32. The lowest BCUT2D eigenvalue weighted by molar-refractivity contribution is -0.518. The highest BCUT2D eigenvalue weighted by Gasteiger charge is 2.40. The largest absolute Gasteiger partial charge is 0.396 e. The molecule has 0 radical (unpaired) electrons. The zero-order chi connectivity index (χ0) is 11.9. The summed E-state index contributed by atoms with van der Waals surface area (Å²) in [6, 6.07) is -0.717. The van der Waals surface area contributed by atoms with Crippen molar-refractivity contribution in [3.05, 3.63) is 10.1 Å². The Bertz CT molecular complexity index is 195. The molecule has 0 aliphatic heterocycles. The molecule has 1 atom stereocenters. The average Bonchev–Trinajstić information content (AvgIpc) is 2.22. The predicted octanol–water partition coefficient (Wildman–Crippen LogP) is 0.819. The van der Waals surface area contributed by atoms with Gasteiger partial charge in [-0.2, -0.15) is 0 Å². The van der Waals surface area contributed by atoms with Gasteiger partial charge in [-0.05, 0) is 6.92 Å². The van der Waals surface area contributed by atoms with Gasteiger partial charge in [-0.3, -0.25) is 10.1 Å². The summed E-state index contributed by atoms with van der Waals surface area (Å²) in [6.45, 7) is 3.34. The molecule has 0 amide bonds. The van der Waals surface area contributed by atoms with E-state index >= 15 is 0 Å². The van der Waals surface area contributed by atoms with E-state index in [0.29, 0.717) is 11.5 Å². The smallest absolute Gasteiger partial charge is 0.233 e. The summed E-state index contributed by atoms with van der Waals surface area (Å²) >= 11 is 2.72. The second-order valence-corrected chi connectivity index (χ2v) is 6.47. The van der Waals surface area contributed by atoms with Gasteiger partial charge in [-0.25, -0.2) is 0 Å². The molecule has 0 aromatic carbocycles. The van der Waals surface area contributed by atoms with Crippen LogP contribution in [-0.2, 0) is 0 Å². The first kappa shape index (κ1) is 15.0. The molecule has 0 bridgehead atoms. The fourth-order valence-corrected chi connectivity index (χ4v) is 3.45. The Morgan fingerprint density at radius 1 is 1.33 bits per heavy atom. The molecule has 2 N–H and O–H groups in total. The Morgan fingerprint density at radius 3 is 2.00 bits per heavy atom. The zero-order valence-electron chi connectivity index (χ0n) is 8.88. The molecule has 0 aliphatic rings. The van der Waals surface area contributed by atoms with Crippen LogP contribution >= 0.6 is 23.5 Å². The third kappa shape index (κ3) is 5.05. The van der Waals surface area contributed by atoms with Crippen LogP contribution in [0.4, 0.5) is 0 Å². The molecular weight excluding hydrogens is 238 g/mol. The summed E-state index contributed by atoms with van der Waals surface area (Å²) in [5.41, 5.74) is 0. The number of nitrogens with zero attached hydrogens (tertiary/aromatic N) is 1. The van der Waals surface area contributed by atoms with Gasteiger partial charge in [0.05, 0.1) is 13.2 Å². The van der Waals surface area contributed by atoms with Crippen molar-refractivity contribution < 1.29 is 15.1 Å². The summed E-state index contributed by atoms with van der Waals surface area (Å²) < 4.78 is -0.602. The minimum atomic E-state index is -0.717. The number of rotatable bonds is 8. The van der Waals surface area contributed by atoms with Crippen LogP contribution in [0.5, 0.6) is 0 Å². The quantitative estimate of drug-likeness (QED) is 0.379. The maximum Gasteiger partial charge on any atom is 0.233 e. The summed E-state index contributed by atoms with van der Waals surface area (Å²) in [7, 11) is 0. The van der Waals surface area contributed by atoms with Crippen LogP contribution in [0.1, 0.15) is 13.8 Å². The summed E-state index contributed by atoms with van der Waals surface area (Å²) in [6.07, 6.45) is 0. The normalized spacial score (nSPS) is 13.9. The van der Waals surface area contributed by atoms with E-state index in [4.69, 9.17) is 10.2 Å². The van der Waals surface area contributed by atoms with Crippen molar-refractivity contribution >= 4 is 23.5 Å². The Kier molecular flexibility index (Phi) is 7.33. The first-order chi connectivity index (χ1) is 6.98. The minimum Gasteiger partial charge on any atom is -0.396 e. The zero-order valence-corrected chi connectivity index (χ0v) is 10.5. The first-order valence-electron chi connectivity index (χ1n) is 4.61. The summed E-state index contributed by atoms with van der Waals surface area (Å²) in [5.74, 6) is 0.931. The molecule has 0 aliphatic carbocycles. The van der Waals surface area contributed by atoms with Crippen LogP contribution in [-0.4, -0.2) is 50.0 Å². The standard InChI is InChI=1S/C8H17NO4S2/c1-7(9(12)13)8(2,14-5-3-10)15-6-4-11/h7,10-11H,3-6H2,1-2H3. The number of aliphatic hydroxyl groups is 2. The molecule has 0 rings (SSSR count). The average molecular weight is 255 g/mol. The van der Waals surface area contributed by atoms with Crippen LogP contribution < -0.4 is 0 Å². The molecule has 0 saturated carbocycles. The van der Waals surface area contributed by atoms with Gasteiger partial charge in [-0.15, -0.1) is 23.5 Å². The Hall–Kier alpha value is 0.0200. The maximum absolute atomic E-state index is 10.7. The van der Waals surface area contributed by atoms with E-state index in [1.54, 1.807) is 13.8 Å². The number of nitro groups is 1. The van der Waals surface area contributed by atoms with Crippen molar-refractivity contribution in [3.8, 4) is 0 Å². The molecule has 0 heterocycles. The number of aliphatic hydroxyl groups excluding tert-OH is 2. The van der Waals surface area contributed by atoms with Gasteiger partial charge < -0.3 is 10.2 Å². The van der Waals surface area contributed by atoms with E-state index in [0.717, 1.165) is 0 Å². The maximum atomic E-state index is 10.7. The van der Waals surface area contributed by atoms with E-state index in [9.17, 15) is 10.1 Å². The van der Waals surface area contributed by atoms with Crippen LogP contribution in [0, 0.1) is 10.1 Å². The van der Waals surface area contributed by atoms with Gasteiger partial charge in [0.25, 0.3) is 0 Å². The van der Waals surface area contributed by atoms with Crippen LogP contribution in [0.15, 0.2) is 0 Å². The summed E-state index contributed by atoms with van der Waals surface area (Å²) in [4.78, 5) is 10.4. The van der Waals surface area contributed by atoms with Crippen LogP contribution in [0.3, 0.4) is 0 Å². The first-order valence-corrected chi connectivity index (χ1v) is 6.58. The van der Waals surface area contributed by atoms with Crippen molar-refractivity contribution in [2.24, 2.45) is 0 Å². The molecule has 0 fully saturated rings. The van der Waals surface area contributed by atoms with Crippen molar-refractivity contribution in [3.63, 3.8) is 0 Å². The molecule has 0 aromatic rings. The van der Waals surface area contributed by atoms with Crippen molar-refractivity contribution in [2.75, 3.05) is 24.7 Å². The van der Waals surface area contributed by atoms with E-state index < -0.39 is 10.1 Å². The van der Waals surface area contributed by atoms with Crippen LogP contribution in [0.25, 0.3) is 0 Å². The highest BCUT2D eigenvalue weighted by Crippen LogP contribution is 2.40. The molecule has 5 nitrogen and oxygen atoms in total. The molecule has 90 valence electrons. The monoisotopic (exact) mass is 255 g/mol. The number of hydrogen-bond donors (Lipinski definition) is 2. The second-order valence-electron chi connectivity index (χ2n) is 3.12. The van der Waals surface area contributed by atoms with E-state index in [-0.39, 0.29) is 18.1 Å². The van der Waals surface area contributed by atoms with Crippen LogP contribution in [0.2, 0.25) is 0 Å². The van der Waals surface area contributed by atoms with Crippen molar-refractivity contribution in [2.45, 2.75) is 24.0 Å². The Labute approximate surface area is 97.8 Å². The molecule has 7 heteroatoms. The Balaban J connectivity index is 4.44. The van der Waals surface area contributed by atoms with E-state index in [2.05, 4.69) is 0 Å². The highest BCUT2D eigenvalue weighted by atomic mass is 32.2. The van der Waals surface area contributed by atoms with Gasteiger partial charge in [0, 0.05) is 23.4 Å². The number of thioether (sulfide) groups is 2. The fourth-order valence-electron chi connectivity index (χ4n) is 0.971. The SMILES string of the molecule is CC([N+](=O)[O-])C(C)(SCCO)SCCO. The van der Waals surface area contributed by atoms with Gasteiger partial charge in [0.2, 0.25) is 6.04 Å². The minimum absolute atomic E-state index is 0.00434. The lowest BCUT2D eigenvalue weighted by atomic mass is 10.2. The van der Waals surface area contributed by atoms with E-state index in [1.807, 2.05) is 0 Å². The molecule has 15 heavy (non-hydrogen) atoms. The van der Waals surface area contributed by atoms with Crippen molar-refractivity contribution in [1.82, 2.24) is 0 Å². The molecule has 0 spiro atoms. The molecular formula is C8H17NO4S2. The van der Waals surface area contributed by atoms with Gasteiger partial charge in [0.1, 0.15) is 4.08 Å². The lowest BCUT2D eigenvalue weighted by Gasteiger charge is -2.28.